The van der Waals surface area contributed by atoms with Gasteiger partial charge in [-0.25, -0.2) is 11.6 Å². The standard InChI is InChI=1S/C9H13.3FH.Ti/c1-2-3-6-9-7-4-5-8-9;;;;/h4,7H,2-3,5-6H2,1H3;3*1H;/q-1;;;;. The maximum Gasteiger partial charge on any atom is 0 e. The Hall–Kier alpha value is -0.0157. The van der Waals surface area contributed by atoms with Crippen molar-refractivity contribution in [3.63, 3.8) is 0 Å². The molecule has 0 aromatic carbocycles. The van der Waals surface area contributed by atoms with Gasteiger partial charge in [0.25, 0.3) is 0 Å². The minimum Gasteiger partial charge on any atom is -0.269 e. The van der Waals surface area contributed by atoms with E-state index in [1.54, 1.807) is 0 Å². The van der Waals surface area contributed by atoms with Gasteiger partial charge in [0.1, 0.15) is 0 Å². The van der Waals surface area contributed by atoms with Crippen LogP contribution in [0.1, 0.15) is 32.6 Å². The zero-order valence-electron chi connectivity index (χ0n) is 7.71. The quantitative estimate of drug-likeness (QED) is 0.514. The van der Waals surface area contributed by atoms with E-state index in [1.807, 2.05) is 0 Å². The second kappa shape index (κ2) is 14.5. The normalized spacial score (nSPS) is 11.3. The van der Waals surface area contributed by atoms with Gasteiger partial charge >= 0.3 is 0 Å². The SMILES string of the molecule is CCCCC1=[C-]CC=C1.F.F.F.[Ti]. The summed E-state index contributed by atoms with van der Waals surface area (Å²) in [6, 6.07) is 0. The molecular weight excluding hydrogens is 213 g/mol. The maximum atomic E-state index is 3.30. The molecule has 4 heteroatoms. The molecule has 13 heavy (non-hydrogen) atoms. The summed E-state index contributed by atoms with van der Waals surface area (Å²) in [7, 11) is 0. The smallest absolute Gasteiger partial charge is 0 e. The van der Waals surface area contributed by atoms with Crippen LogP contribution in [0, 0.1) is 6.08 Å². The van der Waals surface area contributed by atoms with Gasteiger partial charge in [0.05, 0.1) is 0 Å². The van der Waals surface area contributed by atoms with Gasteiger partial charge in [0, 0.05) is 21.7 Å². The van der Waals surface area contributed by atoms with Crippen LogP contribution in [0.5, 0.6) is 0 Å². The molecule has 0 N–H and O–H groups in total. The molecule has 0 fully saturated rings. The molecule has 1 aliphatic rings. The average molecular weight is 229 g/mol. The van der Waals surface area contributed by atoms with Crippen LogP contribution in [0.3, 0.4) is 0 Å². The molecule has 1 rings (SSSR count). The Morgan fingerprint density at radius 2 is 1.92 bits per heavy atom. The Morgan fingerprint density at radius 3 is 2.31 bits per heavy atom. The van der Waals surface area contributed by atoms with Gasteiger partial charge in [0.2, 0.25) is 0 Å². The zero-order chi connectivity index (χ0) is 6.53. The molecule has 0 amide bonds. The van der Waals surface area contributed by atoms with Crippen molar-refractivity contribution in [2.75, 3.05) is 0 Å². The van der Waals surface area contributed by atoms with E-state index in [9.17, 15) is 0 Å². The fourth-order valence-electron chi connectivity index (χ4n) is 0.989. The van der Waals surface area contributed by atoms with Crippen LogP contribution in [-0.2, 0) is 21.7 Å². The molecule has 0 unspecified atom stereocenters. The van der Waals surface area contributed by atoms with E-state index in [4.69, 9.17) is 0 Å². The van der Waals surface area contributed by atoms with Crippen LogP contribution in [-0.4, -0.2) is 0 Å². The number of hydrogen-bond donors (Lipinski definition) is 0. The zero-order valence-corrected chi connectivity index (χ0v) is 9.27. The molecule has 0 heterocycles. The van der Waals surface area contributed by atoms with Crippen LogP contribution in [0.2, 0.25) is 0 Å². The van der Waals surface area contributed by atoms with Gasteiger partial charge in [-0.3, -0.25) is 20.2 Å². The van der Waals surface area contributed by atoms with Crippen molar-refractivity contribution in [3.8, 4) is 0 Å². The minimum atomic E-state index is 0. The first kappa shape index (κ1) is 23.1. The third-order valence-corrected chi connectivity index (χ3v) is 1.57. The van der Waals surface area contributed by atoms with E-state index in [0.717, 1.165) is 6.42 Å². The first-order valence-electron chi connectivity index (χ1n) is 3.69. The summed E-state index contributed by atoms with van der Waals surface area (Å²) in [5, 5.41) is 0. The molecule has 0 spiro atoms. The number of allylic oxidation sites excluding steroid dienone is 4. The van der Waals surface area contributed by atoms with Crippen molar-refractivity contribution in [1.82, 2.24) is 0 Å². The third kappa shape index (κ3) is 9.90. The van der Waals surface area contributed by atoms with Gasteiger partial charge in [-0.1, -0.05) is 26.2 Å². The summed E-state index contributed by atoms with van der Waals surface area (Å²) >= 11 is 0. The first-order valence-corrected chi connectivity index (χ1v) is 3.69. The van der Waals surface area contributed by atoms with E-state index in [2.05, 4.69) is 25.2 Å². The molecule has 0 aromatic rings. The molecule has 0 bridgehead atoms. The van der Waals surface area contributed by atoms with Crippen molar-refractivity contribution in [2.24, 2.45) is 0 Å². The Morgan fingerprint density at radius 1 is 1.31 bits per heavy atom. The maximum absolute atomic E-state index is 3.30. The number of hydrogen-bond acceptors (Lipinski definition) is 0. The summed E-state index contributed by atoms with van der Waals surface area (Å²) in [6.45, 7) is 2.22. The van der Waals surface area contributed by atoms with Gasteiger partial charge in [-0.2, -0.15) is 6.08 Å². The summed E-state index contributed by atoms with van der Waals surface area (Å²) < 4.78 is 0. The Bertz CT molecular complexity index is 144. The predicted octanol–water partition coefficient (Wildman–Crippen LogP) is 3.32. The van der Waals surface area contributed by atoms with Crippen LogP contribution in [0.15, 0.2) is 17.7 Å². The van der Waals surface area contributed by atoms with Crippen molar-refractivity contribution in [1.29, 1.82) is 0 Å². The second-order valence-electron chi connectivity index (χ2n) is 2.41. The fourth-order valence-corrected chi connectivity index (χ4v) is 0.989. The van der Waals surface area contributed by atoms with E-state index in [0.29, 0.717) is 0 Å². The number of rotatable bonds is 3. The van der Waals surface area contributed by atoms with Gasteiger partial charge in [-0.05, 0) is 0 Å². The van der Waals surface area contributed by atoms with Crippen molar-refractivity contribution in [3.05, 3.63) is 23.8 Å². The van der Waals surface area contributed by atoms with E-state index in [1.165, 1.54) is 24.8 Å². The van der Waals surface area contributed by atoms with Crippen LogP contribution >= 0.6 is 0 Å². The largest absolute Gasteiger partial charge is 0.269 e. The summed E-state index contributed by atoms with van der Waals surface area (Å²) in [4.78, 5) is 0. The molecule has 78 valence electrons. The third-order valence-electron chi connectivity index (χ3n) is 1.57. The van der Waals surface area contributed by atoms with Crippen LogP contribution in [0.25, 0.3) is 0 Å². The summed E-state index contributed by atoms with van der Waals surface area (Å²) in [5.41, 5.74) is 1.41. The van der Waals surface area contributed by atoms with E-state index >= 15 is 0 Å². The number of unbranched alkanes of at least 4 members (excludes halogenated alkanes) is 1. The average Bonchev–Trinajstić information content (AvgIpc) is 2.34. The molecular formula is C9H16F3Ti-. The molecule has 0 atom stereocenters. The molecule has 0 aliphatic heterocycles. The topological polar surface area (TPSA) is 0 Å². The molecule has 0 radical (unpaired) electrons. The molecule has 0 saturated heterocycles. The minimum absolute atomic E-state index is 0. The van der Waals surface area contributed by atoms with Gasteiger partial charge in [0.15, 0.2) is 0 Å². The van der Waals surface area contributed by atoms with E-state index < -0.39 is 0 Å². The Balaban J connectivity index is -0.000000101. The van der Waals surface area contributed by atoms with Crippen molar-refractivity contribution >= 4 is 0 Å². The molecule has 0 nitrogen and oxygen atoms in total. The predicted molar refractivity (Wildman–Crippen MR) is 47.5 cm³/mol. The molecule has 0 saturated carbocycles. The van der Waals surface area contributed by atoms with Crippen LogP contribution < -0.4 is 0 Å². The monoisotopic (exact) mass is 229 g/mol. The first-order chi connectivity index (χ1) is 4.43. The summed E-state index contributed by atoms with van der Waals surface area (Å²) in [6.07, 6.45) is 12.5. The molecule has 1 aliphatic carbocycles. The number of halogens is 3. The fraction of sp³-hybridized carbons (Fsp3) is 0.556. The van der Waals surface area contributed by atoms with Gasteiger partial charge in [-0.15, -0.1) is 6.42 Å². The van der Waals surface area contributed by atoms with Crippen molar-refractivity contribution < 1.29 is 35.8 Å². The summed E-state index contributed by atoms with van der Waals surface area (Å²) in [5.74, 6) is 0. The van der Waals surface area contributed by atoms with E-state index in [-0.39, 0.29) is 35.8 Å². The van der Waals surface area contributed by atoms with Gasteiger partial charge < -0.3 is 0 Å². The van der Waals surface area contributed by atoms with Crippen LogP contribution in [0.4, 0.5) is 14.1 Å². The Labute approximate surface area is 92.5 Å². The van der Waals surface area contributed by atoms with Crippen molar-refractivity contribution in [2.45, 2.75) is 32.6 Å². The second-order valence-corrected chi connectivity index (χ2v) is 2.41. The Kier molecular flexibility index (Phi) is 25.8. The molecule has 0 aromatic heterocycles.